The second kappa shape index (κ2) is 16.7. The maximum Gasteiger partial charge on any atom is 0.334 e. The van der Waals surface area contributed by atoms with Crippen molar-refractivity contribution in [2.45, 2.75) is 72.1 Å². The summed E-state index contributed by atoms with van der Waals surface area (Å²) >= 11 is 0. The minimum absolute atomic E-state index is 0.199. The number of nitrogens with zero attached hydrogens (tertiary/aromatic N) is 1. The maximum absolute atomic E-state index is 11.6. The molecule has 0 spiro atoms. The predicted octanol–water partition coefficient (Wildman–Crippen LogP) is 3.53. The smallest absolute Gasteiger partial charge is 0.334 e. The van der Waals surface area contributed by atoms with Crippen molar-refractivity contribution < 1.29 is 37.5 Å². The third kappa shape index (κ3) is 13.7. The van der Waals surface area contributed by atoms with E-state index in [1.165, 1.54) is 0 Å². The Morgan fingerprint density at radius 3 is 1.44 bits per heavy atom. The molecule has 0 saturated carbocycles. The van der Waals surface area contributed by atoms with Crippen LogP contribution in [0.25, 0.3) is 0 Å². The van der Waals surface area contributed by atoms with Gasteiger partial charge >= 0.3 is 29.1 Å². The van der Waals surface area contributed by atoms with Crippen LogP contribution in [0.4, 0.5) is 0 Å². The van der Waals surface area contributed by atoms with Crippen molar-refractivity contribution in [1.29, 1.82) is 0 Å². The Morgan fingerprint density at radius 1 is 0.781 bits per heavy atom. The van der Waals surface area contributed by atoms with Gasteiger partial charge in [0.15, 0.2) is 0 Å². The molecule has 1 unspecified atom stereocenters. The van der Waals surface area contributed by atoms with Gasteiger partial charge in [0.05, 0.1) is 12.3 Å². The first-order valence-electron chi connectivity index (χ1n) is 11.8. The minimum Gasteiger partial charge on any atom is -0.481 e. The van der Waals surface area contributed by atoms with Crippen molar-refractivity contribution in [3.05, 3.63) is 0 Å². The van der Waals surface area contributed by atoms with Crippen molar-refractivity contribution in [2.75, 3.05) is 46.1 Å². The maximum atomic E-state index is 11.6. The molecule has 11 heteroatoms. The third-order valence-corrected chi connectivity index (χ3v) is 11.4. The lowest BCUT2D eigenvalue weighted by atomic mass is 10.1. The number of carbonyl (C=O) groups is 2. The molecule has 0 radical (unpaired) electrons. The van der Waals surface area contributed by atoms with Crippen molar-refractivity contribution in [2.24, 2.45) is 5.92 Å². The summed E-state index contributed by atoms with van der Waals surface area (Å²) < 4.78 is 23.6. The SMILES string of the molecule is CCO[Si](C)(CCCN(CCC[Si](C)(OCC)OCC)CC(CC(=O)O)C(=O)O)OCC. The topological polar surface area (TPSA) is 115 Å². The van der Waals surface area contributed by atoms with E-state index in [1.54, 1.807) is 0 Å². The standard InChI is InChI=1S/C21H45NO8Si2/c1-7-27-31(5,28-8-2)15-11-13-22(18-19(21(25)26)17-20(23)24)14-12-16-32(6,29-9-3)30-10-4/h19H,7-18H2,1-6H3,(H,23,24)(H,25,26). The van der Waals surface area contributed by atoms with Crippen molar-refractivity contribution >= 4 is 29.1 Å². The van der Waals surface area contributed by atoms with Crippen LogP contribution in [0.1, 0.15) is 47.0 Å². The molecule has 0 aromatic carbocycles. The molecule has 1 atom stereocenters. The lowest BCUT2D eigenvalue weighted by Gasteiger charge is -2.30. The lowest BCUT2D eigenvalue weighted by molar-refractivity contribution is -0.149. The Kier molecular flexibility index (Phi) is 16.3. The van der Waals surface area contributed by atoms with Crippen LogP contribution >= 0.6 is 0 Å². The largest absolute Gasteiger partial charge is 0.481 e. The molecule has 0 aliphatic carbocycles. The van der Waals surface area contributed by atoms with Crippen LogP contribution in [0.15, 0.2) is 0 Å². The van der Waals surface area contributed by atoms with Crippen molar-refractivity contribution in [3.63, 3.8) is 0 Å². The molecule has 0 amide bonds. The lowest BCUT2D eigenvalue weighted by Crippen LogP contribution is -2.42. The molecule has 0 rings (SSSR count). The first-order chi connectivity index (χ1) is 15.0. The quantitative estimate of drug-likeness (QED) is 0.231. The summed E-state index contributed by atoms with van der Waals surface area (Å²) in [6, 6.07) is 1.60. The molecule has 0 fully saturated rings. The number of hydrogen-bond donors (Lipinski definition) is 2. The zero-order valence-corrected chi connectivity index (χ0v) is 22.9. The molecule has 0 aliphatic heterocycles. The normalized spacial score (nSPS) is 13.5. The second-order valence-electron chi connectivity index (χ2n) is 8.14. The van der Waals surface area contributed by atoms with Crippen LogP contribution in [0.5, 0.6) is 0 Å². The van der Waals surface area contributed by atoms with E-state index in [4.69, 9.17) is 22.8 Å². The van der Waals surface area contributed by atoms with Gasteiger partial charge in [0.1, 0.15) is 0 Å². The molecule has 0 aromatic rings. The highest BCUT2D eigenvalue weighted by Gasteiger charge is 2.32. The summed E-state index contributed by atoms with van der Waals surface area (Å²) in [7, 11) is -4.51. The first kappa shape index (κ1) is 31.2. The molecule has 0 heterocycles. The van der Waals surface area contributed by atoms with Crippen LogP contribution < -0.4 is 0 Å². The van der Waals surface area contributed by atoms with Crippen LogP contribution in [0, 0.1) is 5.92 Å². The van der Waals surface area contributed by atoms with Gasteiger partial charge in [0, 0.05) is 33.0 Å². The molecule has 0 aromatic heterocycles. The molecule has 190 valence electrons. The van der Waals surface area contributed by atoms with Crippen molar-refractivity contribution in [3.8, 4) is 0 Å². The number of carboxylic acid groups (broad SMARTS) is 2. The van der Waals surface area contributed by atoms with E-state index >= 15 is 0 Å². The highest BCUT2D eigenvalue weighted by Crippen LogP contribution is 2.20. The summed E-state index contributed by atoms with van der Waals surface area (Å²) in [5, 5.41) is 18.6. The molecular weight excluding hydrogens is 450 g/mol. The molecule has 2 N–H and O–H groups in total. The summed E-state index contributed by atoms with van der Waals surface area (Å²) in [4.78, 5) is 24.8. The van der Waals surface area contributed by atoms with E-state index in [0.717, 1.165) is 24.9 Å². The fourth-order valence-corrected chi connectivity index (χ4v) is 8.67. The third-order valence-electron chi connectivity index (χ3n) is 5.26. The van der Waals surface area contributed by atoms with Crippen molar-refractivity contribution in [1.82, 2.24) is 4.90 Å². The fourth-order valence-electron chi connectivity index (χ4n) is 3.89. The van der Waals surface area contributed by atoms with Gasteiger partial charge in [-0.2, -0.15) is 0 Å². The molecule has 9 nitrogen and oxygen atoms in total. The Balaban J connectivity index is 5.13. The van der Waals surface area contributed by atoms with E-state index in [-0.39, 0.29) is 13.0 Å². The highest BCUT2D eigenvalue weighted by molar-refractivity contribution is 6.66. The monoisotopic (exact) mass is 495 g/mol. The summed E-state index contributed by atoms with van der Waals surface area (Å²) in [5.74, 6) is -3.13. The minimum atomic E-state index is -2.26. The molecular formula is C21H45NO8Si2. The summed E-state index contributed by atoms with van der Waals surface area (Å²) in [6.45, 7) is 15.9. The molecule has 0 saturated heterocycles. The highest BCUT2D eigenvalue weighted by atomic mass is 28.4. The van der Waals surface area contributed by atoms with E-state index in [0.29, 0.717) is 39.5 Å². The zero-order chi connectivity index (χ0) is 24.6. The Labute approximate surface area is 195 Å². The van der Waals surface area contributed by atoms with Gasteiger partial charge in [-0.05, 0) is 78.8 Å². The van der Waals surface area contributed by atoms with Crippen LogP contribution in [0.2, 0.25) is 25.2 Å². The van der Waals surface area contributed by atoms with Gasteiger partial charge in [-0.25, -0.2) is 0 Å². The van der Waals surface area contributed by atoms with Gasteiger partial charge in [-0.15, -0.1) is 0 Å². The number of aliphatic carboxylic acids is 2. The number of rotatable bonds is 21. The number of carboxylic acids is 2. The summed E-state index contributed by atoms with van der Waals surface area (Å²) in [5.41, 5.74) is 0. The van der Waals surface area contributed by atoms with E-state index in [1.807, 2.05) is 27.7 Å². The molecule has 32 heavy (non-hydrogen) atoms. The fraction of sp³-hybridized carbons (Fsp3) is 0.905. The second-order valence-corrected chi connectivity index (χ2v) is 14.8. The zero-order valence-electron chi connectivity index (χ0n) is 20.9. The molecule has 0 bridgehead atoms. The summed E-state index contributed by atoms with van der Waals surface area (Å²) in [6.07, 6.45) is 1.21. The van der Waals surface area contributed by atoms with Crippen LogP contribution in [-0.2, 0) is 27.3 Å². The van der Waals surface area contributed by atoms with Gasteiger partial charge in [0.2, 0.25) is 0 Å². The van der Waals surface area contributed by atoms with Crippen LogP contribution in [-0.4, -0.2) is 90.2 Å². The van der Waals surface area contributed by atoms with Gasteiger partial charge < -0.3 is 32.8 Å². The predicted molar refractivity (Wildman–Crippen MR) is 128 cm³/mol. The molecule has 0 aliphatic rings. The van der Waals surface area contributed by atoms with E-state index < -0.39 is 35.0 Å². The first-order valence-corrected chi connectivity index (χ1v) is 16.8. The average Bonchev–Trinajstić information content (AvgIpc) is 2.67. The Hall–Kier alpha value is -0.826. The van der Waals surface area contributed by atoms with Gasteiger partial charge in [0.25, 0.3) is 0 Å². The van der Waals surface area contributed by atoms with Gasteiger partial charge in [-0.3, -0.25) is 9.59 Å². The average molecular weight is 496 g/mol. The number of hydrogen-bond acceptors (Lipinski definition) is 7. The van der Waals surface area contributed by atoms with Gasteiger partial charge in [-0.1, -0.05) is 0 Å². The Morgan fingerprint density at radius 2 is 1.16 bits per heavy atom. The van der Waals surface area contributed by atoms with Crippen LogP contribution in [0.3, 0.4) is 0 Å². The van der Waals surface area contributed by atoms with E-state index in [2.05, 4.69) is 18.0 Å². The van der Waals surface area contributed by atoms with E-state index in [9.17, 15) is 14.7 Å². The Bertz CT molecular complexity index is 498.